The van der Waals surface area contributed by atoms with Gasteiger partial charge in [0.2, 0.25) is 11.8 Å². The Kier molecular flexibility index (Phi) is 45.9. The van der Waals surface area contributed by atoms with E-state index in [0.717, 1.165) is 133 Å². The van der Waals surface area contributed by atoms with E-state index in [0.29, 0.717) is 92.5 Å². The number of hydrogen-bond acceptors (Lipinski definition) is 25. The number of hydrogen-bond donors (Lipinski definition) is 7. The van der Waals surface area contributed by atoms with E-state index >= 15 is 0 Å². The molecule has 34 heteroatoms. The first-order valence-electron chi connectivity index (χ1n) is 43.3. The van der Waals surface area contributed by atoms with Crippen molar-refractivity contribution < 1.29 is 67.6 Å². The van der Waals surface area contributed by atoms with Crippen LogP contribution in [-0.4, -0.2) is 223 Å². The first kappa shape index (κ1) is 91.1. The summed E-state index contributed by atoms with van der Waals surface area (Å²) in [4.78, 5) is 71.2. The van der Waals surface area contributed by atoms with Crippen LogP contribution in [0.25, 0.3) is 0 Å². The second-order valence-corrected chi connectivity index (χ2v) is 34.3. The lowest BCUT2D eigenvalue weighted by Gasteiger charge is -2.37. The lowest BCUT2D eigenvalue weighted by molar-refractivity contribution is -0.121. The minimum atomic E-state index is -1.60. The Morgan fingerprint density at radius 1 is 0.652 bits per heavy atom. The first-order valence-corrected chi connectivity index (χ1v) is 44.3. The molecule has 7 N–H and O–H groups in total. The van der Waals surface area contributed by atoms with Crippen molar-refractivity contribution >= 4 is 58.3 Å². The molecule has 0 spiro atoms. The number of anilines is 2. The van der Waals surface area contributed by atoms with E-state index in [2.05, 4.69) is 68.7 Å². The molecule has 2 aromatic rings. The van der Waals surface area contributed by atoms with Crippen molar-refractivity contribution in [2.24, 2.45) is 0 Å². The van der Waals surface area contributed by atoms with Gasteiger partial charge < -0.3 is 79.0 Å². The van der Waals surface area contributed by atoms with Crippen molar-refractivity contribution in [2.45, 2.75) is 315 Å². The van der Waals surface area contributed by atoms with Crippen LogP contribution in [0.3, 0.4) is 0 Å². The largest absolute Gasteiger partial charge is 0.382 e. The lowest BCUT2D eigenvalue weighted by Crippen LogP contribution is -2.36. The number of methoxy groups -OCH3 is 3. The summed E-state index contributed by atoms with van der Waals surface area (Å²) in [5.41, 5.74) is 0.598. The molecule has 30 nitrogen and oxygen atoms in total. The molecule has 0 bridgehead atoms. The topological polar surface area (TPSA) is 346 Å². The highest BCUT2D eigenvalue weighted by atomic mass is 32.2. The van der Waals surface area contributed by atoms with Gasteiger partial charge in [-0.3, -0.25) is 18.7 Å². The SMILES string of the molecule is [2H]C([3H])OCC1OC(n2cc(C)c(NCCCCCCCNC(=O)CCCCCCNC(=O)CCCCCNCCCCCC3SCC4NC(=O)NC43)nc2=O)CC1OP(OCCC#N)N(C(C)C)C(C)C.[2H]C([3H])OCC1OC(n2cc(C)c(NCCCCCCN(F)COC)nc2=O)CC1OP(OCCC#N)N(C(C)C)C(C)C.[HH]. The van der Waals surface area contributed by atoms with E-state index < -0.39 is 79.4 Å². The molecule has 0 aromatic carbocycles. The number of ether oxygens (including phenoxy) is 5. The standard InChI is InChI=1S/C50H89N10O8PS.C28H50FN6O6P.H2/c1-37(2)60(38(3)4)69(66-32-22-26-51)68-41-33-46(67-42(41)35-65-6)59-34-39(5)48(58-50(59)64)55-31-21-10-7-9-19-29-53-44(61)24-15-8-11-20-30-54-45(62)25-16-13-18-28-52-27-17-12-14-23-43-47-40(36-70-43)56-49(63)57-47;1-21(2)35(22(3)4)42(39-16-12-13-30)41-24-17-26(40-25(24)19-37-6)34-18-23(5)27(32-28(34)36)31-14-10-8-9-11-15-33(29)20-38-7;/h34,37-38,40-43,46-47,52H,7-25,27-33,35-36H2,1-6H3,(H,53,61)(H,54,62)(H,55,58,64)(H2,56,57,63);18,21-22,24-26H,8-12,14-17,19-20H2,1-7H3,(H,31,32,36);1H/i2*6TD;. The number of urea groups is 1. The van der Waals surface area contributed by atoms with Crippen molar-refractivity contribution in [2.75, 3.05) is 117 Å². The number of rotatable bonds is 60. The second kappa shape index (κ2) is 56.5. The summed E-state index contributed by atoms with van der Waals surface area (Å²) >= 11 is 1.98. The Morgan fingerprint density at radius 2 is 1.08 bits per heavy atom. The number of unbranched alkanes of at least 4 members (excludes halogenated alkanes) is 14. The number of nitrogens with one attached hydrogen (secondary N) is 7. The molecule has 2 aromatic heterocycles. The van der Waals surface area contributed by atoms with E-state index in [-0.39, 0.29) is 89.4 Å². The maximum absolute atomic E-state index is 13.4. The lowest BCUT2D eigenvalue weighted by atomic mass is 10.0. The predicted molar refractivity (Wildman–Crippen MR) is 442 cm³/mol. The van der Waals surface area contributed by atoms with Crippen LogP contribution in [0, 0.1) is 36.5 Å². The maximum atomic E-state index is 13.4. The zero-order valence-electron chi connectivity index (χ0n) is 72.8. The summed E-state index contributed by atoms with van der Waals surface area (Å²) in [6.45, 7) is 25.4. The maximum Gasteiger partial charge on any atom is 0.351 e. The fourth-order valence-electron chi connectivity index (χ4n) is 14.0. The normalized spacial score (nSPS) is 21.7. The molecule has 4 saturated heterocycles. The number of carbonyl (C=O) groups is 3. The average Bonchev–Trinajstić information content (AvgIpc) is 1.69. The van der Waals surface area contributed by atoms with Crippen LogP contribution >= 0.6 is 28.8 Å². The Balaban J connectivity index is 0.000000548. The van der Waals surface area contributed by atoms with Crippen LogP contribution in [0.1, 0.15) is 253 Å². The molecular formula is C78H141FN16O14P2S. The van der Waals surface area contributed by atoms with Gasteiger partial charge in [-0.25, -0.2) is 23.7 Å². The quantitative estimate of drug-likeness (QED) is 0.0106. The van der Waals surface area contributed by atoms with E-state index in [1.807, 2.05) is 81.0 Å². The zero-order chi connectivity index (χ0) is 84.7. The summed E-state index contributed by atoms with van der Waals surface area (Å²) in [6, 6.07) is 5.16. The van der Waals surface area contributed by atoms with Crippen LogP contribution in [0.5, 0.6) is 0 Å². The van der Waals surface area contributed by atoms with Crippen molar-refractivity contribution in [3.8, 4) is 12.1 Å². The van der Waals surface area contributed by atoms with E-state index in [1.165, 1.54) is 41.9 Å². The number of fused-ring (bicyclic) bond motifs is 1. The summed E-state index contributed by atoms with van der Waals surface area (Å²) in [5.74, 6) is 2.27. The van der Waals surface area contributed by atoms with Crippen LogP contribution < -0.4 is 48.6 Å². The molecule has 4 aliphatic rings. The fourth-order valence-corrected chi connectivity index (χ4v) is 19.0. The minimum absolute atomic E-state index is 0. The molecular weight excluding hydrogens is 1500 g/mol. The van der Waals surface area contributed by atoms with Gasteiger partial charge in [0, 0.05) is 140 Å². The monoisotopic (exact) mass is 1650 g/mol. The van der Waals surface area contributed by atoms with Crippen LogP contribution in [-0.2, 0) is 51.4 Å². The summed E-state index contributed by atoms with van der Waals surface area (Å²) in [5, 5.41) is 41.6. The molecule has 112 heavy (non-hydrogen) atoms. The van der Waals surface area contributed by atoms with Gasteiger partial charge >= 0.3 is 17.4 Å². The third-order valence-electron chi connectivity index (χ3n) is 19.6. The van der Waals surface area contributed by atoms with Crippen molar-refractivity contribution in [3.05, 3.63) is 44.5 Å². The number of aromatic nitrogens is 4. The number of aryl methyl sites for hydroxylation is 2. The van der Waals surface area contributed by atoms with Gasteiger partial charge in [0.1, 0.15) is 43.0 Å². The van der Waals surface area contributed by atoms with Gasteiger partial charge in [0.15, 0.2) is 0 Å². The molecule has 6 heterocycles. The van der Waals surface area contributed by atoms with Gasteiger partial charge in [-0.15, -0.1) is 9.60 Å². The van der Waals surface area contributed by atoms with E-state index in [4.69, 9.17) is 57.8 Å². The van der Waals surface area contributed by atoms with Crippen molar-refractivity contribution in [1.29, 1.82) is 10.5 Å². The summed E-state index contributed by atoms with van der Waals surface area (Å²) in [7, 11) is -4.74. The second-order valence-electron chi connectivity index (χ2n) is 30.2. The number of thioether (sulfide) groups is 1. The zero-order valence-corrected chi connectivity index (χ0v) is 71.4. The molecule has 0 aliphatic carbocycles. The molecule has 640 valence electrons. The molecule has 13 unspecified atom stereocenters. The highest BCUT2D eigenvalue weighted by Crippen LogP contribution is 2.51. The highest BCUT2D eigenvalue weighted by Gasteiger charge is 2.45. The van der Waals surface area contributed by atoms with Crippen LogP contribution in [0.15, 0.2) is 22.0 Å². The minimum Gasteiger partial charge on any atom is -0.382 e. The number of carbonyl (C=O) groups excluding carboxylic acids is 3. The Bertz CT molecular complexity index is 3300. The highest BCUT2D eigenvalue weighted by molar-refractivity contribution is 8.00. The molecule has 6 rings (SSSR count). The molecule has 0 saturated carbocycles. The van der Waals surface area contributed by atoms with Gasteiger partial charge in [0.25, 0.3) is 17.1 Å². The molecule has 4 aliphatic heterocycles. The average molecular weight is 1650 g/mol. The summed E-state index contributed by atoms with van der Waals surface area (Å²) < 4.78 is 104. The number of nitrogens with zero attached hydrogens (tertiary/aromatic N) is 9. The van der Waals surface area contributed by atoms with Crippen LogP contribution in [0.4, 0.5) is 20.9 Å². The first-order chi connectivity index (χ1) is 55.7. The Morgan fingerprint density at radius 3 is 1.54 bits per heavy atom. The third kappa shape index (κ3) is 36.4. The van der Waals surface area contributed by atoms with Crippen molar-refractivity contribution in [1.82, 2.24) is 60.1 Å². The third-order valence-corrected chi connectivity index (χ3v) is 25.4. The summed E-state index contributed by atoms with van der Waals surface area (Å²) in [6.07, 6.45) is 21.5. The Hall–Kier alpha value is -4.83. The molecule has 4 amide bonds. The van der Waals surface area contributed by atoms with E-state index in [9.17, 15) is 28.5 Å². The predicted octanol–water partition coefficient (Wildman–Crippen LogP) is 12.7. The molecule has 13 atom stereocenters. The van der Waals surface area contributed by atoms with Crippen LogP contribution in [0.2, 0.25) is 0 Å². The van der Waals surface area contributed by atoms with Gasteiger partial charge in [-0.1, -0.05) is 64.2 Å². The number of amides is 4. The Labute approximate surface area is 681 Å². The number of halogens is 1. The van der Waals surface area contributed by atoms with E-state index in [1.54, 1.807) is 12.4 Å². The molecule has 4 fully saturated rings. The van der Waals surface area contributed by atoms with Gasteiger partial charge in [-0.05, 0) is 147 Å². The van der Waals surface area contributed by atoms with Gasteiger partial charge in [0.05, 0.1) is 81.2 Å². The van der Waals surface area contributed by atoms with Crippen molar-refractivity contribution in [3.63, 3.8) is 0 Å². The van der Waals surface area contributed by atoms with Gasteiger partial charge in [-0.2, -0.15) is 32.3 Å². The fraction of sp³-hybridized carbons (Fsp3) is 0.833. The smallest absolute Gasteiger partial charge is 0.351 e. The molecule has 0 radical (unpaired) electrons. The number of nitriles is 2.